The largest absolute Gasteiger partial charge is 0.291 e. The van der Waals surface area contributed by atoms with Gasteiger partial charge in [-0.1, -0.05) is 11.6 Å². The standard InChI is InChI=1S/C27H21F2N5O3S/c28-20-4-6-22(7-5-20)34-25-11-19-8-10-33(38(36,37)23-12-21(29)15-30-16-23)17-27(19,13-18(25)14-32-34)26(35)24-3-1-2-9-31-24/h1-7,9,11-12,14-16H,8,10,13,17H2. The fourth-order valence-electron chi connectivity index (χ4n) is 5.23. The molecule has 0 N–H and O–H groups in total. The van der Waals surface area contributed by atoms with Gasteiger partial charge in [0.2, 0.25) is 10.0 Å². The summed E-state index contributed by atoms with van der Waals surface area (Å²) in [4.78, 5) is 21.7. The average molecular weight is 534 g/mol. The number of carbonyl (C=O) groups is 1. The summed E-state index contributed by atoms with van der Waals surface area (Å²) >= 11 is 0. The topological polar surface area (TPSA) is 98.0 Å². The normalized spacial score (nSPS) is 19.4. The molecular weight excluding hydrogens is 512 g/mol. The van der Waals surface area contributed by atoms with Crippen molar-refractivity contribution >= 4 is 21.9 Å². The van der Waals surface area contributed by atoms with Gasteiger partial charge in [-0.05, 0) is 66.9 Å². The van der Waals surface area contributed by atoms with E-state index in [0.29, 0.717) is 5.69 Å². The molecule has 11 heteroatoms. The molecule has 4 heterocycles. The number of pyridine rings is 2. The molecule has 0 saturated carbocycles. The highest BCUT2D eigenvalue weighted by Gasteiger charge is 2.51. The number of hydrogen-bond acceptors (Lipinski definition) is 6. The molecule has 1 aliphatic carbocycles. The van der Waals surface area contributed by atoms with Crippen LogP contribution in [-0.4, -0.2) is 51.3 Å². The minimum Gasteiger partial charge on any atom is -0.291 e. The van der Waals surface area contributed by atoms with Crippen LogP contribution in [0.1, 0.15) is 28.2 Å². The fourth-order valence-corrected chi connectivity index (χ4v) is 6.71. The Bertz CT molecular complexity index is 1690. The zero-order valence-electron chi connectivity index (χ0n) is 20.0. The zero-order chi connectivity index (χ0) is 26.5. The smallest absolute Gasteiger partial charge is 0.244 e. The maximum absolute atomic E-state index is 14.1. The molecule has 192 valence electrons. The molecule has 0 spiro atoms. The van der Waals surface area contributed by atoms with Crippen LogP contribution in [0.2, 0.25) is 0 Å². The lowest BCUT2D eigenvalue weighted by Gasteiger charge is -2.44. The molecule has 0 radical (unpaired) electrons. The Hall–Kier alpha value is -4.09. The third kappa shape index (κ3) is 3.95. The quantitative estimate of drug-likeness (QED) is 0.362. The molecular formula is C27H21F2N5O3S. The van der Waals surface area contributed by atoms with E-state index in [9.17, 15) is 22.0 Å². The number of sulfonamides is 1. The number of piperidine rings is 1. The number of hydrogen-bond donors (Lipinski definition) is 0. The summed E-state index contributed by atoms with van der Waals surface area (Å²) in [5.74, 6) is -1.43. The number of Topliss-reactive ketones (excluding diaryl/α,β-unsaturated/α-hetero) is 1. The van der Waals surface area contributed by atoms with Crippen LogP contribution in [0.4, 0.5) is 8.78 Å². The summed E-state index contributed by atoms with van der Waals surface area (Å²) in [7, 11) is -4.13. The number of halogens is 2. The Kier molecular flexibility index (Phi) is 5.77. The Labute approximate surface area is 217 Å². The molecule has 8 nitrogen and oxygen atoms in total. The summed E-state index contributed by atoms with van der Waals surface area (Å²) in [6.45, 7) is -0.0454. The van der Waals surface area contributed by atoms with Gasteiger partial charge in [0.05, 0.1) is 29.2 Å². The first-order chi connectivity index (χ1) is 18.3. The number of rotatable bonds is 5. The molecule has 1 aliphatic heterocycles. The van der Waals surface area contributed by atoms with Gasteiger partial charge in [0.25, 0.3) is 0 Å². The fraction of sp³-hybridized carbons (Fsp3) is 0.185. The monoisotopic (exact) mass is 533 g/mol. The first-order valence-corrected chi connectivity index (χ1v) is 13.3. The number of nitrogens with zero attached hydrogens (tertiary/aromatic N) is 5. The van der Waals surface area contributed by atoms with Crippen LogP contribution in [0.15, 0.2) is 83.8 Å². The average Bonchev–Trinajstić information content (AvgIpc) is 3.34. The number of carbonyl (C=O) groups excluding carboxylic acids is 1. The predicted molar refractivity (Wildman–Crippen MR) is 134 cm³/mol. The van der Waals surface area contributed by atoms with Crippen molar-refractivity contribution in [2.75, 3.05) is 13.1 Å². The lowest BCUT2D eigenvalue weighted by atomic mass is 9.65. The number of benzene rings is 1. The Morgan fingerprint density at radius 2 is 1.82 bits per heavy atom. The van der Waals surface area contributed by atoms with Crippen LogP contribution in [0.3, 0.4) is 0 Å². The van der Waals surface area contributed by atoms with E-state index in [4.69, 9.17) is 0 Å². The van der Waals surface area contributed by atoms with Gasteiger partial charge in [-0.15, -0.1) is 0 Å². The van der Waals surface area contributed by atoms with E-state index in [0.717, 1.165) is 35.3 Å². The van der Waals surface area contributed by atoms with Gasteiger partial charge >= 0.3 is 0 Å². The molecule has 1 aromatic carbocycles. The molecule has 1 unspecified atom stereocenters. The summed E-state index contributed by atoms with van der Waals surface area (Å²) in [5, 5.41) is 4.48. The van der Waals surface area contributed by atoms with Gasteiger partial charge in [-0.2, -0.15) is 9.40 Å². The van der Waals surface area contributed by atoms with Gasteiger partial charge < -0.3 is 0 Å². The van der Waals surface area contributed by atoms with E-state index in [1.807, 2.05) is 6.08 Å². The molecule has 1 saturated heterocycles. The highest BCUT2D eigenvalue weighted by Crippen LogP contribution is 2.47. The maximum atomic E-state index is 14.1. The van der Waals surface area contributed by atoms with Crippen molar-refractivity contribution in [2.45, 2.75) is 17.7 Å². The summed E-state index contributed by atoms with van der Waals surface area (Å²) in [6.07, 6.45) is 7.54. The van der Waals surface area contributed by atoms with Crippen molar-refractivity contribution in [1.82, 2.24) is 24.1 Å². The molecule has 0 bridgehead atoms. The first kappa shape index (κ1) is 24.3. The van der Waals surface area contributed by atoms with E-state index < -0.39 is 21.3 Å². The maximum Gasteiger partial charge on any atom is 0.244 e. The SMILES string of the molecule is O=C(c1ccccn1)C12Cc3cnn(-c4ccc(F)cc4)c3C=C1CCN(S(=O)(=O)c1cncc(F)c1)C2. The van der Waals surface area contributed by atoms with Crippen molar-refractivity contribution in [3.63, 3.8) is 0 Å². The molecule has 4 aromatic rings. The Morgan fingerprint density at radius 1 is 1.00 bits per heavy atom. The second-order valence-electron chi connectivity index (χ2n) is 9.34. The van der Waals surface area contributed by atoms with Gasteiger partial charge in [-0.3, -0.25) is 14.8 Å². The van der Waals surface area contributed by atoms with E-state index in [1.54, 1.807) is 41.2 Å². The zero-order valence-corrected chi connectivity index (χ0v) is 20.8. The van der Waals surface area contributed by atoms with Crippen LogP contribution in [0.5, 0.6) is 0 Å². The molecule has 38 heavy (non-hydrogen) atoms. The third-order valence-corrected chi connectivity index (χ3v) is 8.91. The van der Waals surface area contributed by atoms with E-state index in [2.05, 4.69) is 15.1 Å². The van der Waals surface area contributed by atoms with Gasteiger partial charge in [0.15, 0.2) is 5.78 Å². The Balaban J connectivity index is 1.45. The number of aromatic nitrogens is 4. The van der Waals surface area contributed by atoms with Crippen LogP contribution in [0.25, 0.3) is 11.8 Å². The van der Waals surface area contributed by atoms with Crippen LogP contribution in [-0.2, 0) is 16.4 Å². The van der Waals surface area contributed by atoms with Crippen molar-refractivity contribution in [3.8, 4) is 5.69 Å². The van der Waals surface area contributed by atoms with E-state index in [1.165, 1.54) is 22.6 Å². The lowest BCUT2D eigenvalue weighted by Crippen LogP contribution is -2.53. The molecule has 1 fully saturated rings. The highest BCUT2D eigenvalue weighted by molar-refractivity contribution is 7.89. The predicted octanol–water partition coefficient (Wildman–Crippen LogP) is 3.84. The van der Waals surface area contributed by atoms with Gasteiger partial charge in [0, 0.05) is 25.5 Å². The second-order valence-corrected chi connectivity index (χ2v) is 11.3. The summed E-state index contributed by atoms with van der Waals surface area (Å²) in [5.41, 5.74) is 1.90. The van der Waals surface area contributed by atoms with E-state index in [-0.39, 0.29) is 48.1 Å². The second kappa shape index (κ2) is 9.03. The number of fused-ring (bicyclic) bond motifs is 2. The Morgan fingerprint density at radius 3 is 2.55 bits per heavy atom. The van der Waals surface area contributed by atoms with Gasteiger partial charge in [-0.25, -0.2) is 21.9 Å². The van der Waals surface area contributed by atoms with Gasteiger partial charge in [0.1, 0.15) is 22.2 Å². The molecule has 6 rings (SSSR count). The minimum atomic E-state index is -4.13. The summed E-state index contributed by atoms with van der Waals surface area (Å²) < 4.78 is 57.2. The van der Waals surface area contributed by atoms with Crippen LogP contribution >= 0.6 is 0 Å². The van der Waals surface area contributed by atoms with E-state index >= 15 is 0 Å². The van der Waals surface area contributed by atoms with Crippen molar-refractivity contribution < 1.29 is 22.0 Å². The molecule has 0 amide bonds. The molecule has 3 aromatic heterocycles. The van der Waals surface area contributed by atoms with Crippen molar-refractivity contribution in [3.05, 3.63) is 107 Å². The van der Waals surface area contributed by atoms with Crippen LogP contribution < -0.4 is 0 Å². The molecule has 1 atom stereocenters. The lowest BCUT2D eigenvalue weighted by molar-refractivity contribution is 0.0770. The minimum absolute atomic E-state index is 0.0992. The summed E-state index contributed by atoms with van der Waals surface area (Å²) in [6, 6.07) is 11.9. The van der Waals surface area contributed by atoms with Crippen LogP contribution in [0, 0.1) is 17.0 Å². The first-order valence-electron chi connectivity index (χ1n) is 11.9. The van der Waals surface area contributed by atoms with Crippen molar-refractivity contribution in [1.29, 1.82) is 0 Å². The number of ketones is 1. The third-order valence-electron chi connectivity index (χ3n) is 7.10. The van der Waals surface area contributed by atoms with Crippen molar-refractivity contribution in [2.24, 2.45) is 5.41 Å². The highest BCUT2D eigenvalue weighted by atomic mass is 32.2. The molecule has 2 aliphatic rings.